The fourth-order valence-electron chi connectivity index (χ4n) is 0.950. The Hall–Kier alpha value is -2.01. The number of ether oxygens (including phenoxy) is 1. The smallest absolute Gasteiger partial charge is 0.334 e. The van der Waals surface area contributed by atoms with Crippen molar-refractivity contribution in [2.75, 3.05) is 0 Å². The molecule has 5 heteroatoms. The second kappa shape index (κ2) is 15.1. The van der Waals surface area contributed by atoms with Crippen LogP contribution in [0.25, 0.3) is 0 Å². The van der Waals surface area contributed by atoms with Gasteiger partial charge in [-0.3, -0.25) is 4.79 Å². The van der Waals surface area contributed by atoms with E-state index in [-0.39, 0.29) is 0 Å². The Balaban J connectivity index is -0.000000351. The quantitative estimate of drug-likeness (QED) is 0.322. The molecule has 0 unspecified atom stereocenters. The molecule has 0 saturated heterocycles. The molecule has 0 amide bonds. The van der Waals surface area contributed by atoms with Crippen molar-refractivity contribution in [3.8, 4) is 23.7 Å². The van der Waals surface area contributed by atoms with Crippen molar-refractivity contribution < 1.29 is 19.4 Å². The highest BCUT2D eigenvalue weighted by molar-refractivity contribution is 6.67. The predicted molar refractivity (Wildman–Crippen MR) is 113 cm³/mol. The summed E-state index contributed by atoms with van der Waals surface area (Å²) in [6.07, 6.45) is 1.57. The average molecular weight is 397 g/mol. The van der Waals surface area contributed by atoms with Crippen LogP contribution >= 0.6 is 11.6 Å². The standard InChI is InChI=1S/C11H16O2.C7H12O.C4H5ClO/c1-6-7-8-11(4,5)13-10(12)9(2)3;1-4-5-6-7(2,3)8;1-3(2)4(5)6/h2,6H2,1,3-5H3;8H,4H2,1-3H3;1H2,2H3. The van der Waals surface area contributed by atoms with Gasteiger partial charge in [0.25, 0.3) is 0 Å². The van der Waals surface area contributed by atoms with E-state index in [4.69, 9.17) is 21.4 Å². The maximum Gasteiger partial charge on any atom is 0.334 e. The molecule has 0 spiro atoms. The van der Waals surface area contributed by atoms with Crippen molar-refractivity contribution >= 4 is 22.8 Å². The number of allylic oxidation sites excluding steroid dienone is 1. The molecule has 27 heavy (non-hydrogen) atoms. The summed E-state index contributed by atoms with van der Waals surface area (Å²) >= 11 is 4.87. The zero-order chi connectivity index (χ0) is 22.3. The van der Waals surface area contributed by atoms with E-state index >= 15 is 0 Å². The first-order valence-corrected chi connectivity index (χ1v) is 8.94. The maximum atomic E-state index is 11.1. The molecule has 0 saturated carbocycles. The largest absolute Gasteiger partial charge is 0.443 e. The minimum absolute atomic E-state index is 0.386. The topological polar surface area (TPSA) is 63.6 Å². The number of carbonyl (C=O) groups is 2. The van der Waals surface area contributed by atoms with Gasteiger partial charge in [0.15, 0.2) is 5.60 Å². The van der Waals surface area contributed by atoms with Crippen molar-refractivity contribution in [1.82, 2.24) is 0 Å². The monoisotopic (exact) mass is 396 g/mol. The van der Waals surface area contributed by atoms with Crippen molar-refractivity contribution in [1.29, 1.82) is 0 Å². The van der Waals surface area contributed by atoms with Crippen LogP contribution < -0.4 is 0 Å². The summed E-state index contributed by atoms with van der Waals surface area (Å²) in [6.45, 7) is 20.7. The van der Waals surface area contributed by atoms with E-state index in [2.05, 4.69) is 36.8 Å². The number of carbonyl (C=O) groups excluding carboxylic acids is 2. The Kier molecular flexibility index (Phi) is 16.6. The molecule has 0 aromatic carbocycles. The molecule has 0 rings (SSSR count). The van der Waals surface area contributed by atoms with Crippen LogP contribution in [0.15, 0.2) is 24.3 Å². The second-order valence-electron chi connectivity index (χ2n) is 6.60. The van der Waals surface area contributed by atoms with Crippen LogP contribution in [0, 0.1) is 23.7 Å². The number of halogens is 1. The Labute approximate surface area is 170 Å². The lowest BCUT2D eigenvalue weighted by atomic mass is 10.1. The van der Waals surface area contributed by atoms with E-state index < -0.39 is 22.4 Å². The van der Waals surface area contributed by atoms with Gasteiger partial charge in [-0.05, 0) is 53.1 Å². The minimum Gasteiger partial charge on any atom is -0.443 e. The first-order valence-electron chi connectivity index (χ1n) is 8.56. The lowest BCUT2D eigenvalue weighted by molar-refractivity contribution is -0.146. The van der Waals surface area contributed by atoms with E-state index in [1.165, 1.54) is 0 Å². The van der Waals surface area contributed by atoms with E-state index in [1.807, 2.05) is 13.8 Å². The van der Waals surface area contributed by atoms with Crippen molar-refractivity contribution in [2.24, 2.45) is 0 Å². The van der Waals surface area contributed by atoms with E-state index in [0.29, 0.717) is 11.1 Å². The van der Waals surface area contributed by atoms with Crippen molar-refractivity contribution in [2.45, 2.75) is 79.4 Å². The molecule has 0 bridgehead atoms. The van der Waals surface area contributed by atoms with Crippen LogP contribution in [0.3, 0.4) is 0 Å². The zero-order valence-corrected chi connectivity index (χ0v) is 18.6. The van der Waals surface area contributed by atoms with Crippen LogP contribution in [0.5, 0.6) is 0 Å². The van der Waals surface area contributed by atoms with Gasteiger partial charge < -0.3 is 9.84 Å². The van der Waals surface area contributed by atoms with Crippen molar-refractivity contribution in [3.63, 3.8) is 0 Å². The number of rotatable bonds is 3. The molecular weight excluding hydrogens is 364 g/mol. The van der Waals surface area contributed by atoms with Gasteiger partial charge in [-0.2, -0.15) is 0 Å². The van der Waals surface area contributed by atoms with Gasteiger partial charge in [0.05, 0.1) is 0 Å². The van der Waals surface area contributed by atoms with Gasteiger partial charge >= 0.3 is 5.97 Å². The van der Waals surface area contributed by atoms with Crippen LogP contribution in [0.1, 0.15) is 68.2 Å². The molecule has 0 heterocycles. The summed E-state index contributed by atoms with van der Waals surface area (Å²) < 4.78 is 5.09. The minimum atomic E-state index is -0.810. The summed E-state index contributed by atoms with van der Waals surface area (Å²) in [4.78, 5) is 20.9. The van der Waals surface area contributed by atoms with Gasteiger partial charge in [0.2, 0.25) is 5.24 Å². The average Bonchev–Trinajstić information content (AvgIpc) is 2.51. The third-order valence-corrected chi connectivity index (χ3v) is 2.49. The molecule has 0 aliphatic heterocycles. The maximum absolute atomic E-state index is 11.1. The SMILES string of the molecule is C=C(C)C(=O)Cl.C=C(C)C(=O)OC(C)(C)C#CCC.CCC#CC(C)(C)O. The molecule has 1 N–H and O–H groups in total. The Morgan fingerprint density at radius 3 is 1.56 bits per heavy atom. The zero-order valence-electron chi connectivity index (χ0n) is 17.9. The van der Waals surface area contributed by atoms with Gasteiger partial charge in [0, 0.05) is 24.0 Å². The summed E-state index contributed by atoms with van der Waals surface area (Å²) in [5.41, 5.74) is -0.745. The highest BCUT2D eigenvalue weighted by atomic mass is 35.5. The number of aliphatic hydroxyl groups is 1. The lowest BCUT2D eigenvalue weighted by Crippen LogP contribution is -2.26. The Bertz CT molecular complexity index is 617. The van der Waals surface area contributed by atoms with E-state index in [1.54, 1.807) is 41.5 Å². The lowest BCUT2D eigenvalue weighted by Gasteiger charge is -2.18. The van der Waals surface area contributed by atoms with Gasteiger partial charge in [-0.1, -0.05) is 44.8 Å². The first kappa shape index (κ1) is 29.7. The van der Waals surface area contributed by atoms with Crippen molar-refractivity contribution in [3.05, 3.63) is 24.3 Å². The van der Waals surface area contributed by atoms with Crippen LogP contribution in [0.2, 0.25) is 0 Å². The molecule has 0 aliphatic rings. The second-order valence-corrected chi connectivity index (χ2v) is 6.95. The Morgan fingerprint density at radius 2 is 1.33 bits per heavy atom. The fraction of sp³-hybridized carbons (Fsp3) is 0.545. The molecule has 0 radical (unpaired) electrons. The van der Waals surface area contributed by atoms with Gasteiger partial charge in [-0.15, -0.1) is 5.92 Å². The number of esters is 1. The first-order chi connectivity index (χ1) is 12.1. The third kappa shape index (κ3) is 26.3. The number of hydrogen-bond donors (Lipinski definition) is 1. The molecule has 152 valence electrons. The van der Waals surface area contributed by atoms with Crippen LogP contribution in [-0.2, 0) is 14.3 Å². The number of hydrogen-bond acceptors (Lipinski definition) is 4. The molecule has 0 atom stereocenters. The summed E-state index contributed by atoms with van der Waals surface area (Å²) in [5.74, 6) is 10.8. The van der Waals surface area contributed by atoms with Gasteiger partial charge in [0.1, 0.15) is 5.60 Å². The van der Waals surface area contributed by atoms with Crippen LogP contribution in [0.4, 0.5) is 0 Å². The highest BCUT2D eigenvalue weighted by Gasteiger charge is 2.19. The summed E-state index contributed by atoms with van der Waals surface area (Å²) in [7, 11) is 0. The Morgan fingerprint density at radius 1 is 0.963 bits per heavy atom. The molecule has 0 aliphatic carbocycles. The summed E-state index contributed by atoms with van der Waals surface area (Å²) in [5, 5.41) is 8.51. The molecule has 0 fully saturated rings. The van der Waals surface area contributed by atoms with Crippen LogP contribution in [-0.4, -0.2) is 27.5 Å². The molecule has 0 aromatic rings. The normalized spacial score (nSPS) is 9.41. The van der Waals surface area contributed by atoms with E-state index in [0.717, 1.165) is 12.8 Å². The fourth-order valence-corrected chi connectivity index (χ4v) is 0.950. The third-order valence-electron chi connectivity index (χ3n) is 2.17. The molecule has 0 aromatic heterocycles. The molecular formula is C22H33ClO4. The van der Waals surface area contributed by atoms with Gasteiger partial charge in [-0.25, -0.2) is 4.79 Å². The highest BCUT2D eigenvalue weighted by Crippen LogP contribution is 2.10. The van der Waals surface area contributed by atoms with E-state index in [9.17, 15) is 9.59 Å². The summed E-state index contributed by atoms with van der Waals surface area (Å²) in [6, 6.07) is 0. The predicted octanol–water partition coefficient (Wildman–Crippen LogP) is 4.80. The molecule has 4 nitrogen and oxygen atoms in total.